The van der Waals surface area contributed by atoms with Crippen LogP contribution < -0.4 is 5.32 Å². The average Bonchev–Trinajstić information content (AvgIpc) is 3.35. The zero-order chi connectivity index (χ0) is 50.0. The third kappa shape index (κ3) is 55.5. The summed E-state index contributed by atoms with van der Waals surface area (Å²) in [6, 6.07) is -0.548. The van der Waals surface area contributed by atoms with E-state index >= 15 is 0 Å². The minimum Gasteiger partial charge on any atom is -0.466 e. The Balaban J connectivity index is 3.43. The van der Waals surface area contributed by atoms with Gasteiger partial charge in [0.2, 0.25) is 5.91 Å². The maximum Gasteiger partial charge on any atom is 0.305 e. The molecular formula is C63H121NO5. The van der Waals surface area contributed by atoms with Crippen LogP contribution in [0.4, 0.5) is 0 Å². The predicted octanol–water partition coefficient (Wildman–Crippen LogP) is 19.4. The smallest absolute Gasteiger partial charge is 0.305 e. The van der Waals surface area contributed by atoms with Crippen LogP contribution in [0.25, 0.3) is 0 Å². The van der Waals surface area contributed by atoms with Gasteiger partial charge in [0.1, 0.15) is 0 Å². The summed E-state index contributed by atoms with van der Waals surface area (Å²) < 4.78 is 5.47. The maximum absolute atomic E-state index is 12.5. The van der Waals surface area contributed by atoms with Gasteiger partial charge in [-0.15, -0.1) is 0 Å². The van der Waals surface area contributed by atoms with Crippen molar-refractivity contribution in [1.82, 2.24) is 5.32 Å². The molecule has 0 saturated carbocycles. The van der Waals surface area contributed by atoms with Gasteiger partial charge in [-0.05, 0) is 51.4 Å². The van der Waals surface area contributed by atoms with Crippen molar-refractivity contribution < 1.29 is 24.5 Å². The van der Waals surface area contributed by atoms with Crippen molar-refractivity contribution in [2.45, 2.75) is 353 Å². The van der Waals surface area contributed by atoms with Crippen molar-refractivity contribution in [3.8, 4) is 0 Å². The highest BCUT2D eigenvalue weighted by atomic mass is 16.5. The van der Waals surface area contributed by atoms with Crippen molar-refractivity contribution in [3.63, 3.8) is 0 Å². The maximum atomic E-state index is 12.5. The number of nitrogens with one attached hydrogen (secondary N) is 1. The van der Waals surface area contributed by atoms with Crippen molar-refractivity contribution in [1.29, 1.82) is 0 Å². The van der Waals surface area contributed by atoms with Gasteiger partial charge in [-0.1, -0.05) is 301 Å². The van der Waals surface area contributed by atoms with Gasteiger partial charge in [0.25, 0.3) is 0 Å². The van der Waals surface area contributed by atoms with Gasteiger partial charge in [-0.2, -0.15) is 0 Å². The van der Waals surface area contributed by atoms with E-state index in [4.69, 9.17) is 4.74 Å². The molecule has 0 aromatic rings. The van der Waals surface area contributed by atoms with E-state index in [0.29, 0.717) is 25.9 Å². The van der Waals surface area contributed by atoms with Crippen molar-refractivity contribution >= 4 is 11.9 Å². The molecule has 1 amide bonds. The number of ether oxygens (including phenoxy) is 1. The molecule has 0 aromatic heterocycles. The number of aliphatic hydroxyl groups excluding tert-OH is 2. The molecule has 408 valence electrons. The summed E-state index contributed by atoms with van der Waals surface area (Å²) in [7, 11) is 0. The van der Waals surface area contributed by atoms with Crippen molar-refractivity contribution in [2.75, 3.05) is 13.2 Å². The Bertz CT molecular complexity index is 1080. The van der Waals surface area contributed by atoms with Gasteiger partial charge in [0.05, 0.1) is 25.4 Å². The molecule has 0 aliphatic carbocycles. The van der Waals surface area contributed by atoms with Gasteiger partial charge in [0.15, 0.2) is 0 Å². The second-order valence-corrected chi connectivity index (χ2v) is 21.4. The first-order chi connectivity index (χ1) is 34.0. The summed E-state index contributed by atoms with van der Waals surface area (Å²) in [4.78, 5) is 24.6. The van der Waals surface area contributed by atoms with Gasteiger partial charge in [-0.3, -0.25) is 9.59 Å². The van der Waals surface area contributed by atoms with Crippen LogP contribution >= 0.6 is 0 Å². The number of carbonyl (C=O) groups excluding carboxylic acids is 2. The molecule has 0 rings (SSSR count). The minimum atomic E-state index is -0.670. The molecule has 0 bridgehead atoms. The molecular weight excluding hydrogens is 851 g/mol. The van der Waals surface area contributed by atoms with E-state index in [2.05, 4.69) is 43.5 Å². The molecule has 0 aliphatic heterocycles. The standard InChI is InChI=1S/C63H121NO5/c1-3-5-7-9-11-13-15-17-19-20-21-22-23-24-25-28-31-35-39-43-47-51-55-61(66)60(59-65)64-62(67)56-52-48-44-40-36-32-29-26-27-30-34-38-42-46-50-54-58-69-63(68)57-53-49-45-41-37-33-18-16-14-12-10-8-6-4-2/h10,12,16,18,60-61,65-66H,3-9,11,13-15,17,19-59H2,1-2H3,(H,64,67)/b12-10-,18-16-. The summed E-state index contributed by atoms with van der Waals surface area (Å²) in [5, 5.41) is 23.4. The molecule has 0 fully saturated rings. The average molecular weight is 973 g/mol. The van der Waals surface area contributed by atoms with Crippen LogP contribution in [0.3, 0.4) is 0 Å². The number of allylic oxidation sites excluding steroid dienone is 4. The highest BCUT2D eigenvalue weighted by Crippen LogP contribution is 2.18. The second kappa shape index (κ2) is 58.9. The van der Waals surface area contributed by atoms with Crippen molar-refractivity contribution in [3.05, 3.63) is 24.3 Å². The fourth-order valence-corrected chi connectivity index (χ4v) is 9.72. The van der Waals surface area contributed by atoms with E-state index in [1.807, 2.05) is 0 Å². The Morgan fingerprint density at radius 2 is 0.739 bits per heavy atom. The Hall–Kier alpha value is -1.66. The molecule has 0 aromatic carbocycles. The number of amides is 1. The number of unbranched alkanes of at least 4 members (excludes halogenated alkanes) is 43. The molecule has 6 heteroatoms. The van der Waals surface area contributed by atoms with E-state index in [1.54, 1.807) is 0 Å². The number of hydrogen-bond acceptors (Lipinski definition) is 5. The molecule has 0 aliphatic rings. The fourth-order valence-electron chi connectivity index (χ4n) is 9.72. The topological polar surface area (TPSA) is 95.9 Å². The number of carbonyl (C=O) groups is 2. The lowest BCUT2D eigenvalue weighted by Gasteiger charge is -2.22. The summed E-state index contributed by atoms with van der Waals surface area (Å²) in [5.41, 5.74) is 0. The lowest BCUT2D eigenvalue weighted by molar-refractivity contribution is -0.143. The number of esters is 1. The zero-order valence-electron chi connectivity index (χ0n) is 46.6. The molecule has 0 saturated heterocycles. The summed E-state index contributed by atoms with van der Waals surface area (Å²) >= 11 is 0. The monoisotopic (exact) mass is 972 g/mol. The Labute approximate surface area is 431 Å². The van der Waals surface area contributed by atoms with Gasteiger partial charge in [0, 0.05) is 12.8 Å². The first-order valence-corrected chi connectivity index (χ1v) is 31.1. The molecule has 0 radical (unpaired) electrons. The predicted molar refractivity (Wildman–Crippen MR) is 301 cm³/mol. The van der Waals surface area contributed by atoms with E-state index in [9.17, 15) is 19.8 Å². The minimum absolute atomic E-state index is 0.0106. The molecule has 69 heavy (non-hydrogen) atoms. The number of rotatable bonds is 58. The van der Waals surface area contributed by atoms with Gasteiger partial charge >= 0.3 is 5.97 Å². The first-order valence-electron chi connectivity index (χ1n) is 31.1. The summed E-state index contributed by atoms with van der Waals surface area (Å²) in [5.74, 6) is -0.0494. The third-order valence-electron chi connectivity index (χ3n) is 14.5. The highest BCUT2D eigenvalue weighted by molar-refractivity contribution is 5.76. The van der Waals surface area contributed by atoms with Crippen LogP contribution in [-0.4, -0.2) is 47.4 Å². The van der Waals surface area contributed by atoms with E-state index in [1.165, 1.54) is 250 Å². The normalized spacial score (nSPS) is 12.7. The first kappa shape index (κ1) is 67.3. The summed E-state index contributed by atoms with van der Waals surface area (Å²) in [6.45, 7) is 4.92. The van der Waals surface area contributed by atoms with Crippen LogP contribution in [-0.2, 0) is 14.3 Å². The molecule has 2 atom stereocenters. The molecule has 6 nitrogen and oxygen atoms in total. The quantitative estimate of drug-likeness (QED) is 0.0321. The zero-order valence-corrected chi connectivity index (χ0v) is 46.6. The number of aliphatic hydroxyl groups is 2. The number of hydrogen-bond donors (Lipinski definition) is 3. The summed E-state index contributed by atoms with van der Waals surface area (Å²) in [6.07, 6.45) is 71.8. The van der Waals surface area contributed by atoms with E-state index < -0.39 is 12.1 Å². The van der Waals surface area contributed by atoms with Crippen LogP contribution in [0, 0.1) is 0 Å². The second-order valence-electron chi connectivity index (χ2n) is 21.4. The third-order valence-corrected chi connectivity index (χ3v) is 14.5. The van der Waals surface area contributed by atoms with Crippen LogP contribution in [0.1, 0.15) is 341 Å². The highest BCUT2D eigenvalue weighted by Gasteiger charge is 2.20. The Morgan fingerprint density at radius 1 is 0.406 bits per heavy atom. The van der Waals surface area contributed by atoms with Gasteiger partial charge < -0.3 is 20.3 Å². The molecule has 0 heterocycles. The van der Waals surface area contributed by atoms with E-state index in [-0.39, 0.29) is 18.5 Å². The SMILES string of the molecule is CCCC/C=C\C/C=C\CCCCCCCC(=O)OCCCCCCCCCCCCCCCCCCC(=O)NC(CO)C(O)CCCCCCCCCCCCCCCCCCCCCCCC. The fraction of sp³-hybridized carbons (Fsp3) is 0.905. The van der Waals surface area contributed by atoms with E-state index in [0.717, 1.165) is 57.8 Å². The van der Waals surface area contributed by atoms with Crippen LogP contribution in [0.2, 0.25) is 0 Å². The van der Waals surface area contributed by atoms with Gasteiger partial charge in [-0.25, -0.2) is 0 Å². The molecule has 2 unspecified atom stereocenters. The van der Waals surface area contributed by atoms with Crippen LogP contribution in [0.5, 0.6) is 0 Å². The lowest BCUT2D eigenvalue weighted by atomic mass is 10.0. The van der Waals surface area contributed by atoms with Crippen molar-refractivity contribution in [2.24, 2.45) is 0 Å². The molecule has 0 spiro atoms. The molecule has 3 N–H and O–H groups in total. The largest absolute Gasteiger partial charge is 0.466 e. The van der Waals surface area contributed by atoms with Crippen LogP contribution in [0.15, 0.2) is 24.3 Å². The Kier molecular flexibility index (Phi) is 57.5. The Morgan fingerprint density at radius 3 is 1.14 bits per heavy atom. The lowest BCUT2D eigenvalue weighted by Crippen LogP contribution is -2.45.